The third-order valence-corrected chi connectivity index (χ3v) is 6.02. The van der Waals surface area contributed by atoms with Gasteiger partial charge in [0.2, 0.25) is 0 Å². The van der Waals surface area contributed by atoms with Crippen molar-refractivity contribution in [1.29, 1.82) is 0 Å². The van der Waals surface area contributed by atoms with E-state index in [1.807, 2.05) is 0 Å². The molecule has 0 aromatic heterocycles. The Morgan fingerprint density at radius 1 is 1.26 bits per heavy atom. The number of hydrogen-bond donors (Lipinski definition) is 1. The number of fused-ring (bicyclic) bond motifs is 1. The van der Waals surface area contributed by atoms with Crippen LogP contribution in [0.15, 0.2) is 24.3 Å². The summed E-state index contributed by atoms with van der Waals surface area (Å²) in [4.78, 5) is 0. The summed E-state index contributed by atoms with van der Waals surface area (Å²) in [5, 5.41) is 4.71. The molecule has 3 rings (SSSR count). The number of thioether (sulfide) groups is 1. The Kier molecular flexibility index (Phi) is 3.91. The van der Waals surface area contributed by atoms with Crippen molar-refractivity contribution >= 4 is 11.8 Å². The Bertz CT molecular complexity index is 435. The van der Waals surface area contributed by atoms with Crippen molar-refractivity contribution < 1.29 is 0 Å². The molecule has 1 saturated heterocycles. The second-order valence-electron chi connectivity index (χ2n) is 6.69. The van der Waals surface area contributed by atoms with Gasteiger partial charge in [-0.3, -0.25) is 0 Å². The summed E-state index contributed by atoms with van der Waals surface area (Å²) in [5.74, 6) is 1.36. The number of benzene rings is 1. The summed E-state index contributed by atoms with van der Waals surface area (Å²) in [6, 6.07) is 9.51. The number of hydrogen-bond acceptors (Lipinski definition) is 2. The predicted octanol–water partition coefficient (Wildman–Crippen LogP) is 4.19. The van der Waals surface area contributed by atoms with Crippen molar-refractivity contribution in [3.63, 3.8) is 0 Å². The molecule has 19 heavy (non-hydrogen) atoms. The fourth-order valence-corrected chi connectivity index (χ4v) is 4.85. The van der Waals surface area contributed by atoms with E-state index >= 15 is 0 Å². The molecule has 2 aliphatic rings. The maximum atomic E-state index is 3.88. The largest absolute Gasteiger partial charge is 0.308 e. The van der Waals surface area contributed by atoms with E-state index in [0.29, 0.717) is 11.5 Å². The third kappa shape index (κ3) is 2.85. The molecule has 104 valence electrons. The minimum Gasteiger partial charge on any atom is -0.308 e. The molecule has 0 saturated carbocycles. The van der Waals surface area contributed by atoms with E-state index in [1.54, 1.807) is 5.56 Å². The van der Waals surface area contributed by atoms with Gasteiger partial charge in [-0.1, -0.05) is 44.5 Å². The summed E-state index contributed by atoms with van der Waals surface area (Å²) in [6.45, 7) is 5.98. The highest BCUT2D eigenvalue weighted by atomic mass is 32.2. The molecule has 1 aromatic carbocycles. The first kappa shape index (κ1) is 13.5. The van der Waals surface area contributed by atoms with Crippen molar-refractivity contribution in [2.45, 2.75) is 50.8 Å². The quantitative estimate of drug-likeness (QED) is 0.888. The summed E-state index contributed by atoms with van der Waals surface area (Å²) in [5.41, 5.74) is 3.43. The first-order valence-corrected chi connectivity index (χ1v) is 8.64. The molecule has 0 radical (unpaired) electrons. The van der Waals surface area contributed by atoms with E-state index in [2.05, 4.69) is 55.2 Å². The van der Waals surface area contributed by atoms with E-state index in [4.69, 9.17) is 0 Å². The summed E-state index contributed by atoms with van der Waals surface area (Å²) >= 11 is 2.17. The minimum atomic E-state index is 0.350. The van der Waals surface area contributed by atoms with Crippen LogP contribution >= 0.6 is 11.8 Å². The lowest BCUT2D eigenvalue weighted by molar-refractivity contribution is 0.269. The highest BCUT2D eigenvalue weighted by molar-refractivity contribution is 7.99. The van der Waals surface area contributed by atoms with Gasteiger partial charge in [-0.2, -0.15) is 11.8 Å². The lowest BCUT2D eigenvalue weighted by Crippen LogP contribution is -2.36. The van der Waals surface area contributed by atoms with Crippen LogP contribution in [-0.2, 0) is 6.42 Å². The van der Waals surface area contributed by atoms with Gasteiger partial charge in [-0.25, -0.2) is 0 Å². The molecule has 1 aromatic rings. The first-order chi connectivity index (χ1) is 9.17. The van der Waals surface area contributed by atoms with Crippen LogP contribution in [0.25, 0.3) is 0 Å². The Morgan fingerprint density at radius 3 is 2.89 bits per heavy atom. The first-order valence-electron chi connectivity index (χ1n) is 7.59. The predicted molar refractivity (Wildman–Crippen MR) is 84.8 cm³/mol. The van der Waals surface area contributed by atoms with E-state index in [9.17, 15) is 0 Å². The molecule has 0 amide bonds. The zero-order chi connectivity index (χ0) is 13.3. The molecule has 0 spiro atoms. The molecular weight excluding hydrogens is 250 g/mol. The molecule has 2 unspecified atom stereocenters. The molecular formula is C17H25NS. The van der Waals surface area contributed by atoms with Crippen LogP contribution in [0.2, 0.25) is 0 Å². The Balaban J connectivity index is 1.68. The van der Waals surface area contributed by atoms with E-state index < -0.39 is 0 Å². The zero-order valence-corrected chi connectivity index (χ0v) is 12.9. The van der Waals surface area contributed by atoms with Crippen LogP contribution in [0.3, 0.4) is 0 Å². The Hall–Kier alpha value is -0.470. The number of rotatable bonds is 3. The lowest BCUT2D eigenvalue weighted by atomic mass is 9.85. The summed E-state index contributed by atoms with van der Waals surface area (Å²) < 4.78 is 0. The Labute approximate surface area is 121 Å². The maximum Gasteiger partial charge on any atom is 0.0378 e. The molecule has 2 heteroatoms. The van der Waals surface area contributed by atoms with Crippen molar-refractivity contribution in [2.75, 3.05) is 12.3 Å². The van der Waals surface area contributed by atoms with Gasteiger partial charge in [0.25, 0.3) is 0 Å². The van der Waals surface area contributed by atoms with Gasteiger partial charge in [-0.05, 0) is 41.6 Å². The fourth-order valence-electron chi connectivity index (χ4n) is 3.59. The van der Waals surface area contributed by atoms with Gasteiger partial charge in [0.15, 0.2) is 0 Å². The van der Waals surface area contributed by atoms with Gasteiger partial charge in [0.1, 0.15) is 0 Å². The SMILES string of the molecule is CC1(C)Cc2ccccc2C1NCC1CCCCS1. The molecule has 1 fully saturated rings. The van der Waals surface area contributed by atoms with E-state index in [1.165, 1.54) is 43.5 Å². The van der Waals surface area contributed by atoms with Crippen LogP contribution in [0.4, 0.5) is 0 Å². The average molecular weight is 275 g/mol. The van der Waals surface area contributed by atoms with Crippen molar-refractivity contribution in [1.82, 2.24) is 5.32 Å². The summed E-state index contributed by atoms with van der Waals surface area (Å²) in [7, 11) is 0. The maximum absolute atomic E-state index is 3.88. The minimum absolute atomic E-state index is 0.350. The van der Waals surface area contributed by atoms with E-state index in [-0.39, 0.29) is 0 Å². The number of nitrogens with one attached hydrogen (secondary N) is 1. The second kappa shape index (κ2) is 5.49. The fraction of sp³-hybridized carbons (Fsp3) is 0.647. The summed E-state index contributed by atoms with van der Waals surface area (Å²) in [6.07, 6.45) is 5.44. The highest BCUT2D eigenvalue weighted by Crippen LogP contribution is 2.45. The lowest BCUT2D eigenvalue weighted by Gasteiger charge is -2.31. The van der Waals surface area contributed by atoms with Gasteiger partial charge < -0.3 is 5.32 Å². The van der Waals surface area contributed by atoms with E-state index in [0.717, 1.165) is 5.25 Å². The van der Waals surface area contributed by atoms with Crippen molar-refractivity contribution in [3.8, 4) is 0 Å². The van der Waals surface area contributed by atoms with Crippen LogP contribution in [0.1, 0.15) is 50.3 Å². The van der Waals surface area contributed by atoms with Gasteiger partial charge in [-0.15, -0.1) is 0 Å². The van der Waals surface area contributed by atoms with Crippen LogP contribution in [0.5, 0.6) is 0 Å². The third-order valence-electron chi connectivity index (χ3n) is 4.62. The zero-order valence-electron chi connectivity index (χ0n) is 12.1. The normalized spacial score (nSPS) is 29.2. The molecule has 1 nitrogen and oxygen atoms in total. The monoisotopic (exact) mass is 275 g/mol. The molecule has 2 atom stereocenters. The molecule has 0 bridgehead atoms. The second-order valence-corrected chi connectivity index (χ2v) is 8.10. The van der Waals surface area contributed by atoms with Crippen LogP contribution in [0, 0.1) is 5.41 Å². The van der Waals surface area contributed by atoms with Gasteiger partial charge >= 0.3 is 0 Å². The Morgan fingerprint density at radius 2 is 2.11 bits per heavy atom. The standard InChI is InChI=1S/C17H25NS/c1-17(2)11-13-7-3-4-9-15(13)16(17)18-12-14-8-5-6-10-19-14/h3-4,7,9,14,16,18H,5-6,8,10-12H2,1-2H3. The molecule has 1 aliphatic carbocycles. The molecule has 1 aliphatic heterocycles. The smallest absolute Gasteiger partial charge is 0.0378 e. The average Bonchev–Trinajstić information content (AvgIpc) is 2.67. The van der Waals surface area contributed by atoms with Crippen molar-refractivity contribution in [3.05, 3.63) is 35.4 Å². The van der Waals surface area contributed by atoms with Gasteiger partial charge in [0.05, 0.1) is 0 Å². The van der Waals surface area contributed by atoms with Crippen molar-refractivity contribution in [2.24, 2.45) is 5.41 Å². The van der Waals surface area contributed by atoms with Crippen LogP contribution in [-0.4, -0.2) is 17.5 Å². The van der Waals surface area contributed by atoms with Crippen LogP contribution < -0.4 is 5.32 Å². The van der Waals surface area contributed by atoms with Gasteiger partial charge in [0, 0.05) is 17.8 Å². The molecule has 1 N–H and O–H groups in total. The highest BCUT2D eigenvalue weighted by Gasteiger charge is 2.38. The topological polar surface area (TPSA) is 12.0 Å². The molecule has 1 heterocycles.